The highest BCUT2D eigenvalue weighted by molar-refractivity contribution is 4.93. The molecule has 0 bridgehead atoms. The Morgan fingerprint density at radius 3 is 2.68 bits per heavy atom. The fourth-order valence-electron chi connectivity index (χ4n) is 3.03. The largest absolute Gasteiger partial charge is 0.390 e. The zero-order chi connectivity index (χ0) is 20.4. The molecule has 1 aromatic rings. The molecular formula is C15H24N4O9. The van der Waals surface area contributed by atoms with E-state index in [1.807, 2.05) is 4.98 Å². The average Bonchev–Trinajstić information content (AvgIpc) is 2.93. The molecule has 0 saturated carbocycles. The summed E-state index contributed by atoms with van der Waals surface area (Å²) in [4.78, 5) is 25.0. The van der Waals surface area contributed by atoms with E-state index in [4.69, 9.17) is 30.4 Å². The molecule has 8 atom stereocenters. The van der Waals surface area contributed by atoms with Crippen molar-refractivity contribution in [2.24, 2.45) is 11.5 Å². The Balaban J connectivity index is 1.50. The van der Waals surface area contributed by atoms with Crippen LogP contribution in [-0.2, 0) is 18.9 Å². The lowest BCUT2D eigenvalue weighted by Crippen LogP contribution is -2.60. The van der Waals surface area contributed by atoms with Crippen LogP contribution in [-0.4, -0.2) is 87.7 Å². The van der Waals surface area contributed by atoms with Crippen LogP contribution in [0.1, 0.15) is 6.23 Å². The van der Waals surface area contributed by atoms with Gasteiger partial charge in [-0.25, -0.2) is 4.79 Å². The molecule has 3 heterocycles. The maximum absolute atomic E-state index is 11.8. The summed E-state index contributed by atoms with van der Waals surface area (Å²) in [5.41, 5.74) is 10.0. The van der Waals surface area contributed by atoms with Crippen molar-refractivity contribution in [2.45, 2.75) is 49.0 Å². The monoisotopic (exact) mass is 404 g/mol. The van der Waals surface area contributed by atoms with Gasteiger partial charge in [0.15, 0.2) is 12.5 Å². The number of rotatable bonds is 6. The minimum atomic E-state index is -1.41. The summed E-state index contributed by atoms with van der Waals surface area (Å²) < 4.78 is 22.3. The van der Waals surface area contributed by atoms with Crippen molar-refractivity contribution in [3.05, 3.63) is 33.1 Å². The Kier molecular flexibility index (Phi) is 6.59. The highest BCUT2D eigenvalue weighted by atomic mass is 16.8. The van der Waals surface area contributed by atoms with E-state index in [2.05, 4.69) is 0 Å². The maximum atomic E-state index is 11.8. The van der Waals surface area contributed by atoms with Crippen LogP contribution in [0.15, 0.2) is 21.9 Å². The van der Waals surface area contributed by atoms with Crippen molar-refractivity contribution in [1.82, 2.24) is 9.55 Å². The van der Waals surface area contributed by atoms with E-state index in [9.17, 15) is 24.9 Å². The molecule has 2 aliphatic rings. The van der Waals surface area contributed by atoms with Gasteiger partial charge in [-0.2, -0.15) is 0 Å². The number of nitrogens with two attached hydrogens (primary N) is 2. The number of hydrogen-bond acceptors (Lipinski definition) is 11. The number of H-pyrrole nitrogens is 1. The third-order valence-corrected chi connectivity index (χ3v) is 4.66. The summed E-state index contributed by atoms with van der Waals surface area (Å²) in [6.45, 7) is -0.380. The Labute approximate surface area is 158 Å². The van der Waals surface area contributed by atoms with Crippen LogP contribution in [0.5, 0.6) is 0 Å². The predicted molar refractivity (Wildman–Crippen MR) is 90.8 cm³/mol. The molecule has 13 nitrogen and oxygen atoms in total. The first-order valence-electron chi connectivity index (χ1n) is 8.63. The lowest BCUT2D eigenvalue weighted by atomic mass is 10.0. The summed E-state index contributed by atoms with van der Waals surface area (Å²) in [6.07, 6.45) is -5.64. The number of hydrogen-bond donors (Lipinski definition) is 6. The molecule has 158 valence electrons. The molecule has 1 aromatic heterocycles. The van der Waals surface area contributed by atoms with Gasteiger partial charge < -0.3 is 45.7 Å². The zero-order valence-corrected chi connectivity index (χ0v) is 14.8. The second kappa shape index (κ2) is 8.77. The molecule has 2 fully saturated rings. The van der Waals surface area contributed by atoms with Gasteiger partial charge in [-0.1, -0.05) is 0 Å². The van der Waals surface area contributed by atoms with Crippen LogP contribution in [0.4, 0.5) is 0 Å². The van der Waals surface area contributed by atoms with Gasteiger partial charge in [0.05, 0.1) is 31.4 Å². The number of aromatic amines is 1. The predicted octanol–water partition coefficient (Wildman–Crippen LogP) is -4.48. The van der Waals surface area contributed by atoms with Gasteiger partial charge in [0.2, 0.25) is 0 Å². The molecule has 2 saturated heterocycles. The molecule has 0 amide bonds. The number of ether oxygens (including phenoxy) is 4. The summed E-state index contributed by atoms with van der Waals surface area (Å²) in [5, 5.41) is 30.1. The van der Waals surface area contributed by atoms with E-state index >= 15 is 0 Å². The van der Waals surface area contributed by atoms with Gasteiger partial charge in [-0.05, 0) is 0 Å². The van der Waals surface area contributed by atoms with E-state index in [-0.39, 0.29) is 20.0 Å². The van der Waals surface area contributed by atoms with Gasteiger partial charge in [-0.3, -0.25) is 14.3 Å². The molecule has 0 radical (unpaired) electrons. The zero-order valence-electron chi connectivity index (χ0n) is 14.8. The van der Waals surface area contributed by atoms with E-state index in [1.54, 1.807) is 0 Å². The lowest BCUT2D eigenvalue weighted by Gasteiger charge is -2.36. The van der Waals surface area contributed by atoms with Crippen LogP contribution in [0.2, 0.25) is 0 Å². The second-order valence-corrected chi connectivity index (χ2v) is 6.65. The molecule has 0 aromatic carbocycles. The molecule has 1 unspecified atom stereocenters. The van der Waals surface area contributed by atoms with Crippen LogP contribution >= 0.6 is 0 Å². The van der Waals surface area contributed by atoms with Crippen molar-refractivity contribution < 1.29 is 34.3 Å². The highest BCUT2D eigenvalue weighted by Gasteiger charge is 2.44. The molecule has 2 aliphatic heterocycles. The van der Waals surface area contributed by atoms with E-state index < -0.39 is 60.3 Å². The Morgan fingerprint density at radius 1 is 1.21 bits per heavy atom. The van der Waals surface area contributed by atoms with E-state index in [1.165, 1.54) is 0 Å². The van der Waals surface area contributed by atoms with Gasteiger partial charge in [0.1, 0.15) is 25.1 Å². The topological polar surface area (TPSA) is 205 Å². The van der Waals surface area contributed by atoms with Crippen molar-refractivity contribution in [3.8, 4) is 0 Å². The second-order valence-electron chi connectivity index (χ2n) is 6.65. The van der Waals surface area contributed by atoms with Crippen molar-refractivity contribution >= 4 is 0 Å². The maximum Gasteiger partial charge on any atom is 0.330 e. The minimum Gasteiger partial charge on any atom is -0.390 e. The Hall–Kier alpha value is -1.68. The Bertz CT molecular complexity index is 770. The normalized spacial score (nSPS) is 38.6. The van der Waals surface area contributed by atoms with Gasteiger partial charge >= 0.3 is 5.69 Å². The molecular weight excluding hydrogens is 380 g/mol. The third kappa shape index (κ3) is 4.32. The fraction of sp³-hybridized carbons (Fsp3) is 0.733. The Morgan fingerprint density at radius 2 is 1.96 bits per heavy atom. The van der Waals surface area contributed by atoms with E-state index in [0.717, 1.165) is 16.8 Å². The fourth-order valence-corrected chi connectivity index (χ4v) is 3.03. The van der Waals surface area contributed by atoms with Crippen LogP contribution in [0.25, 0.3) is 0 Å². The molecule has 8 N–H and O–H groups in total. The summed E-state index contributed by atoms with van der Waals surface area (Å²) in [5.74, 6) is 0. The highest BCUT2D eigenvalue weighted by Crippen LogP contribution is 2.28. The summed E-state index contributed by atoms with van der Waals surface area (Å²) in [7, 11) is 0. The summed E-state index contributed by atoms with van der Waals surface area (Å²) in [6, 6.07) is -0.360. The van der Waals surface area contributed by atoms with Gasteiger partial charge in [-0.15, -0.1) is 0 Å². The van der Waals surface area contributed by atoms with Crippen molar-refractivity contribution in [1.29, 1.82) is 0 Å². The van der Waals surface area contributed by atoms with Crippen LogP contribution in [0.3, 0.4) is 0 Å². The first-order valence-corrected chi connectivity index (χ1v) is 8.63. The molecule has 0 spiro atoms. The molecule has 0 aliphatic carbocycles. The molecule has 28 heavy (non-hydrogen) atoms. The standard InChI is InChI=1S/C15H24N4O9/c16-6-3-26-14(9(17)10(6)21)27-5-25-4-7-11(22)12(23)13(28-7)19-2-1-8(20)18-15(19)24/h1-2,6-7,9-14,21-23H,3-5,16-17H2,(H,18,20,24)/t6-,7-,9-,10+,11-,12-,13-,14?/m1/s1. The SMILES string of the molecule is N[C@@H]1COC(OCOC[C@H]2O[C@@H](n3ccc(=O)[nH]c3=O)[C@H](O)[C@@H]2O)[C@H](N)[C@H]1O. The summed E-state index contributed by atoms with van der Waals surface area (Å²) >= 11 is 0. The number of aliphatic hydroxyl groups is 3. The first-order chi connectivity index (χ1) is 13.3. The number of nitrogens with one attached hydrogen (secondary N) is 1. The van der Waals surface area contributed by atoms with Crippen molar-refractivity contribution in [2.75, 3.05) is 20.0 Å². The lowest BCUT2D eigenvalue weighted by molar-refractivity contribution is -0.240. The first kappa shape index (κ1) is 21.0. The van der Waals surface area contributed by atoms with E-state index in [0.29, 0.717) is 0 Å². The number of nitrogens with zero attached hydrogens (tertiary/aromatic N) is 1. The molecule has 3 rings (SSSR count). The van der Waals surface area contributed by atoms with Gasteiger partial charge in [0.25, 0.3) is 5.56 Å². The number of aromatic nitrogens is 2. The molecule has 13 heteroatoms. The van der Waals surface area contributed by atoms with Crippen LogP contribution < -0.4 is 22.7 Å². The minimum absolute atomic E-state index is 0.0752. The quantitative estimate of drug-likeness (QED) is 0.197. The van der Waals surface area contributed by atoms with Crippen LogP contribution in [0, 0.1) is 0 Å². The third-order valence-electron chi connectivity index (χ3n) is 4.66. The van der Waals surface area contributed by atoms with Gasteiger partial charge in [0, 0.05) is 12.3 Å². The smallest absolute Gasteiger partial charge is 0.330 e. The average molecular weight is 404 g/mol. The number of aliphatic hydroxyl groups excluding tert-OH is 3. The van der Waals surface area contributed by atoms with Crippen molar-refractivity contribution in [3.63, 3.8) is 0 Å².